The van der Waals surface area contributed by atoms with Gasteiger partial charge in [0.15, 0.2) is 0 Å². The smallest absolute Gasteiger partial charge is 0.230 e. The zero-order chi connectivity index (χ0) is 15.3. The lowest BCUT2D eigenvalue weighted by atomic mass is 9.77. The Labute approximate surface area is 134 Å². The molecule has 0 spiro atoms. The summed E-state index contributed by atoms with van der Waals surface area (Å²) in [5.41, 5.74) is 0.644. The molecule has 0 aromatic carbocycles. The quantitative estimate of drug-likeness (QED) is 0.843. The van der Waals surface area contributed by atoms with E-state index in [2.05, 4.69) is 17.2 Å². The van der Waals surface area contributed by atoms with Gasteiger partial charge in [-0.3, -0.25) is 4.79 Å². The van der Waals surface area contributed by atoms with Gasteiger partial charge in [-0.15, -0.1) is 23.1 Å². The van der Waals surface area contributed by atoms with Crippen molar-refractivity contribution in [3.63, 3.8) is 0 Å². The predicted octanol–water partition coefficient (Wildman–Crippen LogP) is 2.74. The molecule has 0 saturated heterocycles. The van der Waals surface area contributed by atoms with Crippen LogP contribution >= 0.6 is 23.1 Å². The second-order valence-electron chi connectivity index (χ2n) is 6.04. The van der Waals surface area contributed by atoms with Crippen LogP contribution in [0.4, 0.5) is 0 Å². The number of nitrogens with one attached hydrogen (secondary N) is 1. The summed E-state index contributed by atoms with van der Waals surface area (Å²) in [4.78, 5) is 16.5. The van der Waals surface area contributed by atoms with Crippen LogP contribution in [-0.2, 0) is 10.5 Å². The van der Waals surface area contributed by atoms with Crippen LogP contribution in [0.15, 0.2) is 5.38 Å². The van der Waals surface area contributed by atoms with Gasteiger partial charge in [-0.25, -0.2) is 4.98 Å². The maximum atomic E-state index is 12.1. The van der Waals surface area contributed by atoms with Gasteiger partial charge in [0.2, 0.25) is 5.91 Å². The van der Waals surface area contributed by atoms with E-state index in [0.717, 1.165) is 35.7 Å². The minimum Gasteiger partial charge on any atom is -0.394 e. The molecule has 1 saturated carbocycles. The molecule has 21 heavy (non-hydrogen) atoms. The van der Waals surface area contributed by atoms with Gasteiger partial charge in [0.05, 0.1) is 28.6 Å². The molecule has 6 heteroatoms. The van der Waals surface area contributed by atoms with Crippen molar-refractivity contribution in [2.24, 2.45) is 5.92 Å². The number of hydrogen-bond donors (Lipinski definition) is 2. The molecule has 0 bridgehead atoms. The molecule has 118 valence electrons. The van der Waals surface area contributed by atoms with Crippen molar-refractivity contribution < 1.29 is 9.90 Å². The minimum atomic E-state index is -0.396. The van der Waals surface area contributed by atoms with Crippen molar-refractivity contribution in [2.75, 3.05) is 12.4 Å². The Morgan fingerprint density at radius 3 is 3.10 bits per heavy atom. The number of carbonyl (C=O) groups is 1. The topological polar surface area (TPSA) is 62.2 Å². The van der Waals surface area contributed by atoms with Gasteiger partial charge in [0.1, 0.15) is 0 Å². The number of aliphatic hydroxyl groups is 1. The molecule has 1 fully saturated rings. The van der Waals surface area contributed by atoms with E-state index in [-0.39, 0.29) is 12.5 Å². The van der Waals surface area contributed by atoms with Crippen LogP contribution in [0.5, 0.6) is 0 Å². The van der Waals surface area contributed by atoms with Gasteiger partial charge in [-0.05, 0) is 25.7 Å². The number of nitrogens with zero attached hydrogens (tertiary/aromatic N) is 1. The normalized spacial score (nSPS) is 25.8. The molecule has 1 heterocycles. The van der Waals surface area contributed by atoms with Crippen molar-refractivity contribution >= 4 is 29.0 Å². The lowest BCUT2D eigenvalue weighted by Crippen LogP contribution is -2.54. The zero-order valence-corrected chi connectivity index (χ0v) is 14.4. The third kappa shape index (κ3) is 4.97. The highest BCUT2D eigenvalue weighted by atomic mass is 32.2. The van der Waals surface area contributed by atoms with E-state index in [0.29, 0.717) is 11.7 Å². The van der Waals surface area contributed by atoms with E-state index >= 15 is 0 Å². The summed E-state index contributed by atoms with van der Waals surface area (Å²) in [5.74, 6) is 1.78. The Morgan fingerprint density at radius 2 is 2.48 bits per heavy atom. The first-order valence-corrected chi connectivity index (χ1v) is 9.47. The largest absolute Gasteiger partial charge is 0.394 e. The molecule has 2 rings (SSSR count). The number of aromatic nitrogens is 1. The number of hydrogen-bond acceptors (Lipinski definition) is 5. The van der Waals surface area contributed by atoms with Gasteiger partial charge in [0, 0.05) is 11.1 Å². The van der Waals surface area contributed by atoms with E-state index in [1.54, 1.807) is 23.1 Å². The highest BCUT2D eigenvalue weighted by molar-refractivity contribution is 7.99. The molecule has 1 aliphatic carbocycles. The SMILES string of the molecule is Cc1nc(CSCC(=O)NC2(CO)CCCC(C)C2)cs1. The molecule has 0 radical (unpaired) electrons. The van der Waals surface area contributed by atoms with Crippen molar-refractivity contribution in [3.8, 4) is 0 Å². The highest BCUT2D eigenvalue weighted by Crippen LogP contribution is 2.32. The lowest BCUT2D eigenvalue weighted by molar-refractivity contribution is -0.121. The average molecular weight is 329 g/mol. The summed E-state index contributed by atoms with van der Waals surface area (Å²) in [6.45, 7) is 4.22. The van der Waals surface area contributed by atoms with Crippen LogP contribution in [0.25, 0.3) is 0 Å². The number of thiazole rings is 1. The van der Waals surface area contributed by atoms with Gasteiger partial charge in [-0.1, -0.05) is 19.8 Å². The Morgan fingerprint density at radius 1 is 1.67 bits per heavy atom. The van der Waals surface area contributed by atoms with Gasteiger partial charge in [0.25, 0.3) is 0 Å². The summed E-state index contributed by atoms with van der Waals surface area (Å²) >= 11 is 3.21. The van der Waals surface area contributed by atoms with Gasteiger partial charge in [-0.2, -0.15) is 0 Å². The summed E-state index contributed by atoms with van der Waals surface area (Å²) in [6.07, 6.45) is 4.03. The number of thioether (sulfide) groups is 1. The van der Waals surface area contributed by atoms with Crippen LogP contribution in [0.1, 0.15) is 43.3 Å². The fraction of sp³-hybridized carbons (Fsp3) is 0.733. The van der Waals surface area contributed by atoms with Crippen molar-refractivity contribution in [1.82, 2.24) is 10.3 Å². The van der Waals surface area contributed by atoms with Crippen molar-refractivity contribution in [3.05, 3.63) is 16.1 Å². The summed E-state index contributed by atoms with van der Waals surface area (Å²) < 4.78 is 0. The third-order valence-electron chi connectivity index (χ3n) is 3.95. The van der Waals surface area contributed by atoms with Gasteiger partial charge < -0.3 is 10.4 Å². The monoisotopic (exact) mass is 328 g/mol. The summed E-state index contributed by atoms with van der Waals surface area (Å²) in [7, 11) is 0. The molecule has 4 nitrogen and oxygen atoms in total. The van der Waals surface area contributed by atoms with Crippen LogP contribution in [0, 0.1) is 12.8 Å². The lowest BCUT2D eigenvalue weighted by Gasteiger charge is -2.39. The van der Waals surface area contributed by atoms with E-state index in [1.165, 1.54) is 6.42 Å². The Bertz CT molecular complexity index is 478. The zero-order valence-electron chi connectivity index (χ0n) is 12.7. The summed E-state index contributed by atoms with van der Waals surface area (Å²) in [5, 5.41) is 15.9. The molecule has 1 amide bonds. The Kier molecular flexibility index (Phi) is 6.08. The van der Waals surface area contributed by atoms with E-state index in [9.17, 15) is 9.90 Å². The number of rotatable bonds is 6. The third-order valence-corrected chi connectivity index (χ3v) is 5.74. The highest BCUT2D eigenvalue weighted by Gasteiger charge is 2.35. The number of amides is 1. The van der Waals surface area contributed by atoms with Crippen LogP contribution < -0.4 is 5.32 Å². The first kappa shape index (κ1) is 16.8. The predicted molar refractivity (Wildman–Crippen MR) is 88.6 cm³/mol. The maximum Gasteiger partial charge on any atom is 0.230 e. The molecule has 1 aromatic heterocycles. The fourth-order valence-corrected chi connectivity index (χ4v) is 4.45. The van der Waals surface area contributed by atoms with E-state index < -0.39 is 5.54 Å². The minimum absolute atomic E-state index is 0.0232. The molecule has 1 aromatic rings. The van der Waals surface area contributed by atoms with Gasteiger partial charge >= 0.3 is 0 Å². The molecule has 2 N–H and O–H groups in total. The summed E-state index contributed by atoms with van der Waals surface area (Å²) in [6, 6.07) is 0. The molecule has 1 aliphatic rings. The fourth-order valence-electron chi connectivity index (χ4n) is 3.01. The first-order valence-electron chi connectivity index (χ1n) is 7.44. The molecular weight excluding hydrogens is 304 g/mol. The van der Waals surface area contributed by atoms with Crippen molar-refractivity contribution in [1.29, 1.82) is 0 Å². The van der Waals surface area contributed by atoms with Crippen LogP contribution in [0.2, 0.25) is 0 Å². The second kappa shape index (κ2) is 7.61. The Hall–Kier alpha value is -0.590. The molecular formula is C15H24N2O2S2. The molecule has 2 unspecified atom stereocenters. The molecule has 2 atom stereocenters. The van der Waals surface area contributed by atoms with E-state index in [4.69, 9.17) is 0 Å². The number of aliphatic hydroxyl groups excluding tert-OH is 1. The van der Waals surface area contributed by atoms with Crippen LogP contribution in [-0.4, -0.2) is 33.9 Å². The standard InChI is InChI=1S/C15H24N2O2S2/c1-11-4-3-5-15(6-11,10-18)17-14(19)9-20-7-13-8-21-12(2)16-13/h8,11,18H,3-7,9-10H2,1-2H3,(H,17,19). The second-order valence-corrected chi connectivity index (χ2v) is 8.09. The number of carbonyl (C=O) groups excluding carboxylic acids is 1. The first-order chi connectivity index (χ1) is 10.0. The maximum absolute atomic E-state index is 12.1. The number of aryl methyl sites for hydroxylation is 1. The molecule has 0 aliphatic heterocycles. The average Bonchev–Trinajstić information content (AvgIpc) is 2.84. The van der Waals surface area contributed by atoms with Crippen molar-refractivity contribution in [2.45, 2.75) is 50.8 Å². The van der Waals surface area contributed by atoms with E-state index in [1.807, 2.05) is 12.3 Å². The Balaban J connectivity index is 1.77. The van der Waals surface area contributed by atoms with Crippen LogP contribution in [0.3, 0.4) is 0 Å².